The first-order valence-electron chi connectivity index (χ1n) is 5.34. The van der Waals surface area contributed by atoms with E-state index in [0.717, 1.165) is 4.90 Å². The number of fused-ring (bicyclic) bond motifs is 1. The van der Waals surface area contributed by atoms with Gasteiger partial charge in [-0.2, -0.15) is 5.10 Å². The number of nitrogens with zero attached hydrogens (tertiary/aromatic N) is 4. The van der Waals surface area contributed by atoms with Crippen LogP contribution in [0.1, 0.15) is 10.4 Å². The average molecular weight is 332 g/mol. The first-order valence-corrected chi connectivity index (χ1v) is 6.13. The van der Waals surface area contributed by atoms with Gasteiger partial charge in [0.15, 0.2) is 5.82 Å². The summed E-state index contributed by atoms with van der Waals surface area (Å²) in [6.45, 7) is -1.15. The zero-order valence-corrected chi connectivity index (χ0v) is 11.1. The van der Waals surface area contributed by atoms with Gasteiger partial charge in [0.1, 0.15) is 16.4 Å². The van der Waals surface area contributed by atoms with Gasteiger partial charge in [0, 0.05) is 0 Å². The molecule has 2 N–H and O–H groups in total. The van der Waals surface area contributed by atoms with Crippen LogP contribution in [0.15, 0.2) is 17.0 Å². The third kappa shape index (κ3) is 1.84. The molecule has 9 heteroatoms. The zero-order chi connectivity index (χ0) is 13.8. The van der Waals surface area contributed by atoms with Gasteiger partial charge < -0.3 is 10.6 Å². The van der Waals surface area contributed by atoms with Crippen LogP contribution in [-0.4, -0.2) is 44.4 Å². The number of alkyl halides is 2. The third-order valence-electron chi connectivity index (χ3n) is 2.90. The fourth-order valence-corrected chi connectivity index (χ4v) is 2.52. The molecular weight excluding hydrogens is 324 g/mol. The van der Waals surface area contributed by atoms with Gasteiger partial charge in [-0.15, -0.1) is 0 Å². The molecule has 0 unspecified atom stereocenters. The van der Waals surface area contributed by atoms with Gasteiger partial charge in [-0.05, 0) is 22.0 Å². The normalized spacial score (nSPS) is 17.5. The van der Waals surface area contributed by atoms with Crippen LogP contribution in [0.2, 0.25) is 0 Å². The van der Waals surface area contributed by atoms with Crippen LogP contribution in [0.25, 0.3) is 5.52 Å². The molecule has 0 saturated carbocycles. The van der Waals surface area contributed by atoms with Crippen molar-refractivity contribution in [3.05, 3.63) is 22.6 Å². The Labute approximate surface area is 114 Å². The highest BCUT2D eigenvalue weighted by Crippen LogP contribution is 2.31. The van der Waals surface area contributed by atoms with Gasteiger partial charge in [0.2, 0.25) is 0 Å². The van der Waals surface area contributed by atoms with Crippen LogP contribution in [0.3, 0.4) is 0 Å². The number of amides is 1. The van der Waals surface area contributed by atoms with E-state index in [9.17, 15) is 13.6 Å². The summed E-state index contributed by atoms with van der Waals surface area (Å²) in [4.78, 5) is 17.0. The lowest BCUT2D eigenvalue weighted by Crippen LogP contribution is -2.58. The van der Waals surface area contributed by atoms with Crippen molar-refractivity contribution in [3.63, 3.8) is 0 Å². The van der Waals surface area contributed by atoms with Crippen molar-refractivity contribution in [2.45, 2.75) is 5.92 Å². The molecule has 2 aromatic rings. The van der Waals surface area contributed by atoms with E-state index < -0.39 is 24.9 Å². The van der Waals surface area contributed by atoms with Crippen LogP contribution < -0.4 is 5.73 Å². The highest BCUT2D eigenvalue weighted by molar-refractivity contribution is 9.10. The van der Waals surface area contributed by atoms with Gasteiger partial charge in [-0.25, -0.2) is 18.3 Å². The maximum Gasteiger partial charge on any atom is 0.282 e. The summed E-state index contributed by atoms with van der Waals surface area (Å²) < 4.78 is 27.5. The van der Waals surface area contributed by atoms with Crippen LogP contribution in [-0.2, 0) is 0 Å². The lowest BCUT2D eigenvalue weighted by molar-refractivity contribution is -0.113. The van der Waals surface area contributed by atoms with Crippen LogP contribution >= 0.6 is 15.9 Å². The highest BCUT2D eigenvalue weighted by atomic mass is 79.9. The number of rotatable bonds is 1. The Balaban J connectivity index is 2.04. The predicted octanol–water partition coefficient (Wildman–Crippen LogP) is 1.17. The number of likely N-dealkylation sites (tertiary alicyclic amines) is 1. The van der Waals surface area contributed by atoms with Crippen LogP contribution in [0.4, 0.5) is 14.6 Å². The molecule has 3 rings (SSSR count). The van der Waals surface area contributed by atoms with E-state index >= 15 is 0 Å². The molecule has 1 aliphatic heterocycles. The largest absolute Gasteiger partial charge is 0.382 e. The second kappa shape index (κ2) is 3.86. The molecule has 6 nitrogen and oxygen atoms in total. The van der Waals surface area contributed by atoms with Crippen LogP contribution in [0, 0.1) is 0 Å². The molecule has 2 aromatic heterocycles. The summed E-state index contributed by atoms with van der Waals surface area (Å²) in [5.74, 6) is -3.18. The van der Waals surface area contributed by atoms with E-state index in [1.165, 1.54) is 16.9 Å². The molecule has 0 spiro atoms. The molecule has 0 aliphatic carbocycles. The summed E-state index contributed by atoms with van der Waals surface area (Å²) in [6.07, 6.45) is 1.25. The smallest absolute Gasteiger partial charge is 0.282 e. The van der Waals surface area contributed by atoms with Crippen molar-refractivity contribution < 1.29 is 13.6 Å². The SMILES string of the molecule is Nc1ncnn2c(Br)cc(C(=O)N3CC(F)(F)C3)c12. The number of carbonyl (C=O) groups excluding carboxylic acids is 1. The Morgan fingerprint density at radius 1 is 1.47 bits per heavy atom. The van der Waals surface area contributed by atoms with Crippen molar-refractivity contribution in [1.82, 2.24) is 19.5 Å². The highest BCUT2D eigenvalue weighted by Gasteiger charge is 2.46. The minimum absolute atomic E-state index is 0.122. The molecule has 0 bridgehead atoms. The number of halogens is 3. The number of hydrogen-bond donors (Lipinski definition) is 1. The van der Waals surface area contributed by atoms with Crippen molar-refractivity contribution in [3.8, 4) is 0 Å². The van der Waals surface area contributed by atoms with E-state index in [2.05, 4.69) is 26.0 Å². The topological polar surface area (TPSA) is 76.5 Å². The minimum Gasteiger partial charge on any atom is -0.382 e. The fraction of sp³-hybridized carbons (Fsp3) is 0.300. The van der Waals surface area contributed by atoms with E-state index in [-0.39, 0.29) is 11.4 Å². The molecule has 1 aliphatic rings. The molecular formula is C10H8BrF2N5O. The molecule has 19 heavy (non-hydrogen) atoms. The zero-order valence-electron chi connectivity index (χ0n) is 9.48. The maximum atomic E-state index is 12.8. The first kappa shape index (κ1) is 12.3. The molecule has 1 saturated heterocycles. The molecule has 0 aromatic carbocycles. The number of aromatic nitrogens is 3. The second-order valence-corrected chi connectivity index (χ2v) is 5.12. The summed E-state index contributed by atoms with van der Waals surface area (Å²) in [5.41, 5.74) is 6.23. The van der Waals surface area contributed by atoms with Crippen molar-refractivity contribution in [2.75, 3.05) is 18.8 Å². The number of nitrogen functional groups attached to an aromatic ring is 1. The Morgan fingerprint density at radius 2 is 2.16 bits per heavy atom. The van der Waals surface area contributed by atoms with Crippen molar-refractivity contribution >= 4 is 33.2 Å². The Hall–Kier alpha value is -1.77. The number of anilines is 1. The molecule has 100 valence electrons. The predicted molar refractivity (Wildman–Crippen MR) is 65.9 cm³/mol. The molecule has 3 heterocycles. The lowest BCUT2D eigenvalue weighted by Gasteiger charge is -2.38. The molecule has 1 amide bonds. The lowest BCUT2D eigenvalue weighted by atomic mass is 10.1. The van der Waals surface area contributed by atoms with Gasteiger partial charge in [0.05, 0.1) is 18.7 Å². The Kier molecular flexibility index (Phi) is 2.49. The summed E-state index contributed by atoms with van der Waals surface area (Å²) >= 11 is 3.23. The van der Waals surface area contributed by atoms with Gasteiger partial charge in [0.25, 0.3) is 11.8 Å². The van der Waals surface area contributed by atoms with Crippen molar-refractivity contribution in [1.29, 1.82) is 0 Å². The monoisotopic (exact) mass is 331 g/mol. The van der Waals surface area contributed by atoms with Crippen molar-refractivity contribution in [2.24, 2.45) is 0 Å². The third-order valence-corrected chi connectivity index (χ3v) is 3.47. The quantitative estimate of drug-likeness (QED) is 0.850. The molecule has 0 radical (unpaired) electrons. The molecule has 0 atom stereocenters. The van der Waals surface area contributed by atoms with Gasteiger partial charge in [-0.1, -0.05) is 0 Å². The maximum absolute atomic E-state index is 12.8. The summed E-state index contributed by atoms with van der Waals surface area (Å²) in [5, 5.41) is 3.94. The average Bonchev–Trinajstić information content (AvgIpc) is 2.65. The van der Waals surface area contributed by atoms with Crippen LogP contribution in [0.5, 0.6) is 0 Å². The fourth-order valence-electron chi connectivity index (χ4n) is 2.02. The number of hydrogen-bond acceptors (Lipinski definition) is 4. The number of carbonyl (C=O) groups is 1. The minimum atomic E-state index is -2.80. The van der Waals surface area contributed by atoms with E-state index in [4.69, 9.17) is 5.73 Å². The van der Waals surface area contributed by atoms with Gasteiger partial charge in [-0.3, -0.25) is 4.79 Å². The standard InChI is InChI=1S/C10H8BrF2N5O/c11-6-1-5(7-8(14)15-4-16-18(6)7)9(19)17-2-10(12,13)3-17/h1,4H,2-3H2,(H2,14,15,16). The van der Waals surface area contributed by atoms with E-state index in [0.29, 0.717) is 10.1 Å². The van der Waals surface area contributed by atoms with E-state index in [1.54, 1.807) is 0 Å². The number of nitrogens with two attached hydrogens (primary N) is 1. The molecule has 1 fully saturated rings. The Bertz CT molecular complexity index is 678. The Morgan fingerprint density at radius 3 is 2.79 bits per heavy atom. The summed E-state index contributed by atoms with van der Waals surface area (Å²) in [7, 11) is 0. The first-order chi connectivity index (χ1) is 8.89. The van der Waals surface area contributed by atoms with E-state index in [1.807, 2.05) is 0 Å². The summed E-state index contributed by atoms with van der Waals surface area (Å²) in [6, 6.07) is 1.50. The second-order valence-electron chi connectivity index (χ2n) is 4.30. The van der Waals surface area contributed by atoms with Gasteiger partial charge >= 0.3 is 0 Å².